The molecule has 0 aliphatic carbocycles. The molecule has 112 valence electrons. The zero-order chi connectivity index (χ0) is 14.5. The van der Waals surface area contributed by atoms with Crippen LogP contribution in [0.4, 0.5) is 0 Å². The number of carbonyl (C=O) groups excluding carboxylic acids is 1. The maximum Gasteiger partial charge on any atom is 0.274 e. The van der Waals surface area contributed by atoms with Crippen LogP contribution in [0.25, 0.3) is 0 Å². The predicted molar refractivity (Wildman–Crippen MR) is 78.4 cm³/mol. The van der Waals surface area contributed by atoms with Crippen molar-refractivity contribution in [1.29, 1.82) is 0 Å². The van der Waals surface area contributed by atoms with Gasteiger partial charge in [0.2, 0.25) is 0 Å². The van der Waals surface area contributed by atoms with Crippen LogP contribution in [0.2, 0.25) is 0 Å². The minimum atomic E-state index is 0.0324. The van der Waals surface area contributed by atoms with E-state index in [2.05, 4.69) is 16.8 Å². The average Bonchev–Trinajstić information content (AvgIpc) is 2.91. The number of aromatic nitrogens is 2. The Kier molecular flexibility index (Phi) is 5.14. The Bertz CT molecular complexity index is 437. The van der Waals surface area contributed by atoms with Gasteiger partial charge in [-0.2, -0.15) is 0 Å². The molecular weight excluding hydrogens is 254 g/mol. The van der Waals surface area contributed by atoms with Crippen molar-refractivity contribution in [2.45, 2.75) is 25.8 Å². The molecule has 1 atom stereocenters. The van der Waals surface area contributed by atoms with Crippen molar-refractivity contribution < 1.29 is 4.79 Å². The molecule has 0 radical (unpaired) electrons. The van der Waals surface area contributed by atoms with E-state index in [-0.39, 0.29) is 5.91 Å². The smallest absolute Gasteiger partial charge is 0.274 e. The first-order valence-corrected chi connectivity index (χ1v) is 7.37. The largest absolute Gasteiger partial charge is 0.340 e. The van der Waals surface area contributed by atoms with E-state index >= 15 is 0 Å². The first kappa shape index (κ1) is 15.0. The molecule has 6 heteroatoms. The van der Waals surface area contributed by atoms with Gasteiger partial charge in [-0.1, -0.05) is 13.3 Å². The van der Waals surface area contributed by atoms with E-state index in [4.69, 9.17) is 5.73 Å². The molecule has 2 heterocycles. The van der Waals surface area contributed by atoms with Gasteiger partial charge in [-0.05, 0) is 6.42 Å². The summed E-state index contributed by atoms with van der Waals surface area (Å²) < 4.78 is 1.80. The van der Waals surface area contributed by atoms with E-state index in [1.165, 1.54) is 0 Å². The van der Waals surface area contributed by atoms with Gasteiger partial charge in [-0.3, -0.25) is 9.69 Å². The summed E-state index contributed by atoms with van der Waals surface area (Å²) >= 11 is 0. The molecule has 0 spiro atoms. The number of imidazole rings is 1. The van der Waals surface area contributed by atoms with E-state index in [1.807, 2.05) is 11.9 Å². The third-order valence-corrected chi connectivity index (χ3v) is 3.94. The molecule has 1 unspecified atom stereocenters. The standard InChI is InChI=1S/C14H25N5O/c1-3-4-12(9-15)18-5-7-19(8-6-18)14(20)13-10-17(2)11-16-13/h10-12H,3-9,15H2,1-2H3. The fraction of sp³-hybridized carbons (Fsp3) is 0.714. The van der Waals surface area contributed by atoms with Gasteiger partial charge in [0.15, 0.2) is 0 Å². The van der Waals surface area contributed by atoms with Gasteiger partial charge in [0, 0.05) is 52.0 Å². The zero-order valence-corrected chi connectivity index (χ0v) is 12.5. The Morgan fingerprint density at radius 2 is 2.10 bits per heavy atom. The maximum atomic E-state index is 12.3. The van der Waals surface area contributed by atoms with Gasteiger partial charge in [-0.15, -0.1) is 0 Å². The van der Waals surface area contributed by atoms with Crippen LogP contribution in [-0.4, -0.2) is 64.0 Å². The monoisotopic (exact) mass is 279 g/mol. The Hall–Kier alpha value is -1.40. The van der Waals surface area contributed by atoms with Gasteiger partial charge >= 0.3 is 0 Å². The molecular formula is C14H25N5O. The van der Waals surface area contributed by atoms with Gasteiger partial charge < -0.3 is 15.2 Å². The molecule has 1 fully saturated rings. The van der Waals surface area contributed by atoms with Gasteiger partial charge in [0.1, 0.15) is 5.69 Å². The third-order valence-electron chi connectivity index (χ3n) is 3.94. The number of piperazine rings is 1. The van der Waals surface area contributed by atoms with E-state index in [1.54, 1.807) is 17.1 Å². The molecule has 1 aliphatic rings. The summed E-state index contributed by atoms with van der Waals surface area (Å²) in [6, 6.07) is 0.451. The Morgan fingerprint density at radius 3 is 2.60 bits per heavy atom. The van der Waals surface area contributed by atoms with Crippen molar-refractivity contribution in [1.82, 2.24) is 19.4 Å². The summed E-state index contributed by atoms with van der Waals surface area (Å²) in [7, 11) is 1.87. The van der Waals surface area contributed by atoms with E-state index in [0.717, 1.165) is 39.0 Å². The second kappa shape index (κ2) is 6.85. The SMILES string of the molecule is CCCC(CN)N1CCN(C(=O)c2cn(C)cn2)CC1. The first-order chi connectivity index (χ1) is 9.65. The average molecular weight is 279 g/mol. The molecule has 2 N–H and O–H groups in total. The number of rotatable bonds is 5. The minimum Gasteiger partial charge on any atom is -0.340 e. The zero-order valence-electron chi connectivity index (χ0n) is 12.5. The lowest BCUT2D eigenvalue weighted by Crippen LogP contribution is -2.53. The van der Waals surface area contributed by atoms with Gasteiger partial charge in [-0.25, -0.2) is 4.98 Å². The van der Waals surface area contributed by atoms with Gasteiger partial charge in [0.25, 0.3) is 5.91 Å². The van der Waals surface area contributed by atoms with E-state index < -0.39 is 0 Å². The molecule has 0 bridgehead atoms. The number of aryl methyl sites for hydroxylation is 1. The summed E-state index contributed by atoms with van der Waals surface area (Å²) in [5.41, 5.74) is 6.38. The highest BCUT2D eigenvalue weighted by Gasteiger charge is 2.26. The molecule has 0 aromatic carbocycles. The summed E-state index contributed by atoms with van der Waals surface area (Å²) in [5.74, 6) is 0.0324. The normalized spacial score (nSPS) is 18.2. The van der Waals surface area contributed by atoms with E-state index in [0.29, 0.717) is 18.3 Å². The first-order valence-electron chi connectivity index (χ1n) is 7.37. The molecule has 1 amide bonds. The van der Waals surface area contributed by atoms with Crippen LogP contribution in [0.5, 0.6) is 0 Å². The molecule has 0 saturated carbocycles. The number of carbonyl (C=O) groups is 1. The highest BCUT2D eigenvalue weighted by atomic mass is 16.2. The molecule has 1 saturated heterocycles. The van der Waals surface area contributed by atoms with Crippen LogP contribution in [-0.2, 0) is 7.05 Å². The van der Waals surface area contributed by atoms with Crippen molar-refractivity contribution in [2.75, 3.05) is 32.7 Å². The number of nitrogens with zero attached hydrogens (tertiary/aromatic N) is 4. The van der Waals surface area contributed by atoms with E-state index in [9.17, 15) is 4.79 Å². The fourth-order valence-electron chi connectivity index (χ4n) is 2.76. The highest BCUT2D eigenvalue weighted by Crippen LogP contribution is 2.12. The third kappa shape index (κ3) is 3.37. The number of hydrogen-bond acceptors (Lipinski definition) is 4. The van der Waals surface area contributed by atoms with Crippen LogP contribution in [0, 0.1) is 0 Å². The summed E-state index contributed by atoms with van der Waals surface area (Å²) in [5, 5.41) is 0. The van der Waals surface area contributed by atoms with Crippen LogP contribution in [0.3, 0.4) is 0 Å². The lowest BCUT2D eigenvalue weighted by atomic mass is 10.1. The molecule has 2 rings (SSSR count). The van der Waals surface area contributed by atoms with Crippen molar-refractivity contribution in [3.8, 4) is 0 Å². The highest BCUT2D eigenvalue weighted by molar-refractivity contribution is 5.92. The Balaban J connectivity index is 1.89. The number of hydrogen-bond donors (Lipinski definition) is 1. The van der Waals surface area contributed by atoms with Crippen LogP contribution in [0.1, 0.15) is 30.3 Å². The molecule has 1 aromatic rings. The summed E-state index contributed by atoms with van der Waals surface area (Å²) in [4.78, 5) is 20.7. The quantitative estimate of drug-likeness (QED) is 0.842. The maximum absolute atomic E-state index is 12.3. The summed E-state index contributed by atoms with van der Waals surface area (Å²) in [6.07, 6.45) is 5.71. The van der Waals surface area contributed by atoms with Crippen LogP contribution >= 0.6 is 0 Å². The lowest BCUT2D eigenvalue weighted by molar-refractivity contribution is 0.0561. The molecule has 1 aliphatic heterocycles. The number of nitrogens with two attached hydrogens (primary N) is 1. The van der Waals surface area contributed by atoms with Crippen LogP contribution < -0.4 is 5.73 Å². The molecule has 6 nitrogen and oxygen atoms in total. The topological polar surface area (TPSA) is 67.4 Å². The predicted octanol–water partition coefficient (Wildman–Crippen LogP) is 0.305. The van der Waals surface area contributed by atoms with Crippen molar-refractivity contribution >= 4 is 5.91 Å². The fourth-order valence-corrected chi connectivity index (χ4v) is 2.76. The lowest BCUT2D eigenvalue weighted by Gasteiger charge is -2.38. The van der Waals surface area contributed by atoms with Crippen molar-refractivity contribution in [3.63, 3.8) is 0 Å². The second-order valence-corrected chi connectivity index (χ2v) is 5.43. The molecule has 20 heavy (non-hydrogen) atoms. The summed E-state index contributed by atoms with van der Waals surface area (Å²) in [6.45, 7) is 6.21. The van der Waals surface area contributed by atoms with Gasteiger partial charge in [0.05, 0.1) is 6.33 Å². The minimum absolute atomic E-state index is 0.0324. The molecule has 1 aromatic heterocycles. The number of amides is 1. The van der Waals surface area contributed by atoms with Crippen LogP contribution in [0.15, 0.2) is 12.5 Å². The Morgan fingerprint density at radius 1 is 1.40 bits per heavy atom. The van der Waals surface area contributed by atoms with Crippen molar-refractivity contribution in [2.24, 2.45) is 12.8 Å². The second-order valence-electron chi connectivity index (χ2n) is 5.43. The van der Waals surface area contributed by atoms with Crippen molar-refractivity contribution in [3.05, 3.63) is 18.2 Å². The Labute approximate surface area is 120 Å².